The summed E-state index contributed by atoms with van der Waals surface area (Å²) in [5.74, 6) is 0.753. The van der Waals surface area contributed by atoms with E-state index in [-0.39, 0.29) is 5.97 Å². The van der Waals surface area contributed by atoms with E-state index in [1.54, 1.807) is 0 Å². The first kappa shape index (κ1) is 15.4. The van der Waals surface area contributed by atoms with Crippen LogP contribution in [0.4, 0.5) is 0 Å². The van der Waals surface area contributed by atoms with Gasteiger partial charge in [-0.3, -0.25) is 4.79 Å². The molecule has 0 aromatic rings. The Morgan fingerprint density at radius 1 is 1.44 bits per heavy atom. The molecule has 4 heteroatoms. The molecular formula is C14H28N2O2. The maximum atomic E-state index is 11.9. The van der Waals surface area contributed by atoms with Crippen LogP contribution in [0.2, 0.25) is 0 Å². The summed E-state index contributed by atoms with van der Waals surface area (Å²) in [4.78, 5) is 14.4. The molecule has 18 heavy (non-hydrogen) atoms. The van der Waals surface area contributed by atoms with Crippen molar-refractivity contribution in [3.8, 4) is 0 Å². The highest BCUT2D eigenvalue weighted by atomic mass is 16.5. The first-order chi connectivity index (χ1) is 8.55. The largest absolute Gasteiger partial charge is 0.465 e. The summed E-state index contributed by atoms with van der Waals surface area (Å²) in [6.45, 7) is 9.58. The predicted octanol–water partition coefficient (Wildman–Crippen LogP) is 1.65. The second-order valence-corrected chi connectivity index (χ2v) is 5.39. The minimum Gasteiger partial charge on any atom is -0.465 e. The molecule has 0 saturated heterocycles. The van der Waals surface area contributed by atoms with E-state index in [9.17, 15) is 4.79 Å². The molecule has 1 N–H and O–H groups in total. The van der Waals surface area contributed by atoms with Gasteiger partial charge in [0.25, 0.3) is 0 Å². The average molecular weight is 256 g/mol. The van der Waals surface area contributed by atoms with Gasteiger partial charge in [0.2, 0.25) is 0 Å². The number of carbonyl (C=O) groups is 1. The molecule has 4 nitrogen and oxygen atoms in total. The van der Waals surface area contributed by atoms with Crippen molar-refractivity contribution in [1.29, 1.82) is 0 Å². The first-order valence-electron chi connectivity index (χ1n) is 7.14. The number of hydrogen-bond donors (Lipinski definition) is 1. The Labute approximate surface area is 111 Å². The molecule has 0 aromatic carbocycles. The first-order valence-corrected chi connectivity index (χ1v) is 7.14. The van der Waals surface area contributed by atoms with Crippen LogP contribution in [0, 0.1) is 5.92 Å². The standard InChI is InChI=1S/C14H28N2O2/c1-5-16(11-12-7-8-12)10-9-14(3,15-4)13(17)18-6-2/h12,15H,5-11H2,1-4H3. The quantitative estimate of drug-likeness (QED) is 0.637. The minimum atomic E-state index is -0.563. The lowest BCUT2D eigenvalue weighted by atomic mass is 9.98. The van der Waals surface area contributed by atoms with Crippen LogP contribution in [-0.4, -0.2) is 49.7 Å². The number of esters is 1. The lowest BCUT2D eigenvalue weighted by Crippen LogP contribution is -2.50. The van der Waals surface area contributed by atoms with E-state index >= 15 is 0 Å². The van der Waals surface area contributed by atoms with E-state index in [4.69, 9.17) is 4.74 Å². The second-order valence-electron chi connectivity index (χ2n) is 5.39. The Morgan fingerprint density at radius 2 is 2.11 bits per heavy atom. The number of nitrogens with one attached hydrogen (secondary N) is 1. The molecule has 0 aliphatic heterocycles. The highest BCUT2D eigenvalue weighted by Gasteiger charge is 2.33. The highest BCUT2D eigenvalue weighted by molar-refractivity contribution is 5.80. The maximum Gasteiger partial charge on any atom is 0.326 e. The SMILES string of the molecule is CCOC(=O)C(C)(CCN(CC)CC1CC1)NC. The van der Waals surface area contributed by atoms with Gasteiger partial charge in [-0.15, -0.1) is 0 Å². The van der Waals surface area contributed by atoms with E-state index < -0.39 is 5.54 Å². The summed E-state index contributed by atoms with van der Waals surface area (Å²) in [5.41, 5.74) is -0.563. The van der Waals surface area contributed by atoms with Crippen molar-refractivity contribution in [2.75, 3.05) is 33.3 Å². The Balaban J connectivity index is 2.42. The van der Waals surface area contributed by atoms with Crippen LogP contribution in [-0.2, 0) is 9.53 Å². The predicted molar refractivity (Wildman–Crippen MR) is 73.6 cm³/mol. The molecule has 0 bridgehead atoms. The summed E-state index contributed by atoms with van der Waals surface area (Å²) >= 11 is 0. The summed E-state index contributed by atoms with van der Waals surface area (Å²) in [6, 6.07) is 0. The van der Waals surface area contributed by atoms with Crippen LogP contribution in [0.15, 0.2) is 0 Å². The Morgan fingerprint density at radius 3 is 2.56 bits per heavy atom. The van der Waals surface area contributed by atoms with Crippen molar-refractivity contribution in [3.05, 3.63) is 0 Å². The fourth-order valence-electron chi connectivity index (χ4n) is 2.05. The molecule has 1 aliphatic rings. The molecule has 1 unspecified atom stereocenters. The van der Waals surface area contributed by atoms with Crippen molar-refractivity contribution >= 4 is 5.97 Å². The Bertz CT molecular complexity index is 267. The molecule has 1 atom stereocenters. The third kappa shape index (κ3) is 4.58. The molecule has 0 amide bonds. The van der Waals surface area contributed by atoms with Gasteiger partial charge in [0.1, 0.15) is 5.54 Å². The van der Waals surface area contributed by atoms with Crippen LogP contribution < -0.4 is 5.32 Å². The second kappa shape index (κ2) is 7.10. The fourth-order valence-corrected chi connectivity index (χ4v) is 2.05. The molecule has 0 radical (unpaired) electrons. The third-order valence-electron chi connectivity index (χ3n) is 3.87. The monoisotopic (exact) mass is 256 g/mol. The molecule has 1 aliphatic carbocycles. The summed E-state index contributed by atoms with van der Waals surface area (Å²) in [7, 11) is 1.83. The van der Waals surface area contributed by atoms with E-state index in [1.165, 1.54) is 19.4 Å². The zero-order valence-corrected chi connectivity index (χ0v) is 12.3. The molecule has 0 heterocycles. The summed E-state index contributed by atoms with van der Waals surface area (Å²) < 4.78 is 5.14. The lowest BCUT2D eigenvalue weighted by molar-refractivity contribution is -0.150. The smallest absolute Gasteiger partial charge is 0.326 e. The van der Waals surface area contributed by atoms with Gasteiger partial charge in [0.05, 0.1) is 6.61 Å². The minimum absolute atomic E-state index is 0.144. The Hall–Kier alpha value is -0.610. The van der Waals surface area contributed by atoms with Crippen molar-refractivity contribution < 1.29 is 9.53 Å². The molecule has 0 spiro atoms. The van der Waals surface area contributed by atoms with E-state index in [0.717, 1.165) is 25.4 Å². The molecule has 1 fully saturated rings. The van der Waals surface area contributed by atoms with E-state index in [0.29, 0.717) is 6.61 Å². The highest BCUT2D eigenvalue weighted by Crippen LogP contribution is 2.29. The molecule has 1 rings (SSSR count). The zero-order valence-electron chi connectivity index (χ0n) is 12.3. The summed E-state index contributed by atoms with van der Waals surface area (Å²) in [6.07, 6.45) is 3.54. The van der Waals surface area contributed by atoms with E-state index in [1.807, 2.05) is 20.9 Å². The normalized spacial score (nSPS) is 18.7. The van der Waals surface area contributed by atoms with Gasteiger partial charge < -0.3 is 15.0 Å². The van der Waals surface area contributed by atoms with Gasteiger partial charge in [-0.25, -0.2) is 0 Å². The Kier molecular flexibility index (Phi) is 6.09. The average Bonchev–Trinajstić information content (AvgIpc) is 3.18. The van der Waals surface area contributed by atoms with Crippen molar-refractivity contribution in [3.63, 3.8) is 0 Å². The maximum absolute atomic E-state index is 11.9. The van der Waals surface area contributed by atoms with Gasteiger partial charge in [-0.2, -0.15) is 0 Å². The number of ether oxygens (including phenoxy) is 1. The zero-order chi connectivity index (χ0) is 13.6. The van der Waals surface area contributed by atoms with Gasteiger partial charge >= 0.3 is 5.97 Å². The van der Waals surface area contributed by atoms with Gasteiger partial charge in [0, 0.05) is 13.1 Å². The lowest BCUT2D eigenvalue weighted by Gasteiger charge is -2.30. The number of likely N-dealkylation sites (N-methyl/N-ethyl adjacent to an activating group) is 1. The van der Waals surface area contributed by atoms with E-state index in [2.05, 4.69) is 17.1 Å². The molecule has 106 valence electrons. The van der Waals surface area contributed by atoms with Gasteiger partial charge in [0.15, 0.2) is 0 Å². The van der Waals surface area contributed by atoms with Crippen LogP contribution in [0.5, 0.6) is 0 Å². The van der Waals surface area contributed by atoms with Gasteiger partial charge in [-0.1, -0.05) is 6.92 Å². The molecular weight excluding hydrogens is 228 g/mol. The van der Waals surface area contributed by atoms with Gasteiger partial charge in [-0.05, 0) is 52.6 Å². The topological polar surface area (TPSA) is 41.6 Å². The van der Waals surface area contributed by atoms with Crippen LogP contribution >= 0.6 is 0 Å². The molecule has 0 aromatic heterocycles. The number of carbonyl (C=O) groups excluding carboxylic acids is 1. The number of nitrogens with zero attached hydrogens (tertiary/aromatic N) is 1. The molecule has 1 saturated carbocycles. The number of hydrogen-bond acceptors (Lipinski definition) is 4. The van der Waals surface area contributed by atoms with Crippen LogP contribution in [0.1, 0.15) is 40.0 Å². The fraction of sp³-hybridized carbons (Fsp3) is 0.929. The van der Waals surface area contributed by atoms with Crippen molar-refractivity contribution in [2.45, 2.75) is 45.6 Å². The van der Waals surface area contributed by atoms with Crippen LogP contribution in [0.25, 0.3) is 0 Å². The van der Waals surface area contributed by atoms with Crippen molar-refractivity contribution in [2.24, 2.45) is 5.92 Å². The van der Waals surface area contributed by atoms with Crippen LogP contribution in [0.3, 0.4) is 0 Å². The summed E-state index contributed by atoms with van der Waals surface area (Å²) in [5, 5.41) is 3.11. The van der Waals surface area contributed by atoms with Crippen molar-refractivity contribution in [1.82, 2.24) is 10.2 Å². The third-order valence-corrected chi connectivity index (χ3v) is 3.87. The number of rotatable bonds is 9.